The van der Waals surface area contributed by atoms with Crippen LogP contribution in [0.1, 0.15) is 21.6 Å². The molecule has 0 unspecified atom stereocenters. The Morgan fingerprint density at radius 1 is 1.09 bits per heavy atom. The van der Waals surface area contributed by atoms with Crippen molar-refractivity contribution in [2.24, 2.45) is 0 Å². The smallest absolute Gasteiger partial charge is 0.259 e. The number of aromatic nitrogens is 3. The number of piperazine rings is 1. The normalized spacial score (nSPS) is 14.9. The molecule has 3 rings (SSSR count). The average Bonchev–Trinajstić information content (AvgIpc) is 2.57. The Kier molecular flexibility index (Phi) is 4.10. The van der Waals surface area contributed by atoms with Crippen LogP contribution in [-0.2, 0) is 0 Å². The second kappa shape index (κ2) is 6.20. The topological polar surface area (TPSA) is 82.2 Å². The van der Waals surface area contributed by atoms with Gasteiger partial charge in [0.2, 0.25) is 0 Å². The van der Waals surface area contributed by atoms with Crippen LogP contribution in [0.5, 0.6) is 0 Å². The molecule has 120 valence electrons. The number of aromatic amines is 1. The highest BCUT2D eigenvalue weighted by Gasteiger charge is 2.25. The third-order valence-electron chi connectivity index (χ3n) is 4.08. The minimum Gasteiger partial charge on any atom is -0.366 e. The summed E-state index contributed by atoms with van der Waals surface area (Å²) in [5.74, 6) is 0.637. The third kappa shape index (κ3) is 2.94. The summed E-state index contributed by atoms with van der Waals surface area (Å²) in [6.07, 6.45) is 6.43. The van der Waals surface area contributed by atoms with Gasteiger partial charge in [-0.1, -0.05) is 0 Å². The van der Waals surface area contributed by atoms with Crippen LogP contribution in [0.4, 0.5) is 5.82 Å². The number of nitrogens with zero attached hydrogens (tertiary/aromatic N) is 4. The van der Waals surface area contributed by atoms with Crippen molar-refractivity contribution in [1.82, 2.24) is 19.9 Å². The summed E-state index contributed by atoms with van der Waals surface area (Å²) < 4.78 is 0. The minimum atomic E-state index is -0.217. The second-order valence-electron chi connectivity index (χ2n) is 5.63. The van der Waals surface area contributed by atoms with Crippen LogP contribution in [0.15, 0.2) is 29.6 Å². The zero-order chi connectivity index (χ0) is 16.4. The quantitative estimate of drug-likeness (QED) is 0.884. The van der Waals surface area contributed by atoms with Gasteiger partial charge >= 0.3 is 0 Å². The van der Waals surface area contributed by atoms with E-state index in [1.54, 1.807) is 30.4 Å². The van der Waals surface area contributed by atoms with Crippen molar-refractivity contribution >= 4 is 11.7 Å². The van der Waals surface area contributed by atoms with Crippen molar-refractivity contribution in [2.45, 2.75) is 13.8 Å². The number of carbonyl (C=O) groups is 1. The number of nitrogens with one attached hydrogen (secondary N) is 1. The van der Waals surface area contributed by atoms with Crippen LogP contribution in [0.3, 0.4) is 0 Å². The highest BCUT2D eigenvalue weighted by molar-refractivity contribution is 5.94. The Morgan fingerprint density at radius 2 is 1.78 bits per heavy atom. The molecule has 1 aliphatic heterocycles. The van der Waals surface area contributed by atoms with E-state index < -0.39 is 0 Å². The van der Waals surface area contributed by atoms with Gasteiger partial charge in [-0.25, -0.2) is 4.98 Å². The lowest BCUT2D eigenvalue weighted by molar-refractivity contribution is 0.0744. The second-order valence-corrected chi connectivity index (χ2v) is 5.63. The molecule has 1 aliphatic rings. The standard InChI is InChI=1S/C16H19N5O2/c1-11-9-17-10-13(14(11)22)16(23)21-7-5-20(6-8-21)15-12(2)18-3-4-19-15/h3-4,9-10H,5-8H2,1-2H3,(H,17,22). The van der Waals surface area contributed by atoms with Crippen LogP contribution in [-0.4, -0.2) is 51.9 Å². The predicted octanol–water partition coefficient (Wildman–Crippen LogP) is 0.744. The number of H-pyrrole nitrogens is 1. The van der Waals surface area contributed by atoms with Gasteiger partial charge < -0.3 is 14.8 Å². The molecule has 1 amide bonds. The van der Waals surface area contributed by atoms with Crippen molar-refractivity contribution in [1.29, 1.82) is 0 Å². The maximum atomic E-state index is 12.5. The number of carbonyl (C=O) groups excluding carboxylic acids is 1. The maximum absolute atomic E-state index is 12.5. The summed E-state index contributed by atoms with van der Waals surface area (Å²) in [6, 6.07) is 0. The molecule has 0 spiro atoms. The highest BCUT2D eigenvalue weighted by Crippen LogP contribution is 2.16. The molecule has 0 aliphatic carbocycles. The molecular weight excluding hydrogens is 294 g/mol. The Bertz CT molecular complexity index is 778. The van der Waals surface area contributed by atoms with Crippen LogP contribution in [0, 0.1) is 13.8 Å². The lowest BCUT2D eigenvalue weighted by Gasteiger charge is -2.35. The summed E-state index contributed by atoms with van der Waals surface area (Å²) in [4.78, 5) is 39.9. The number of aryl methyl sites for hydroxylation is 2. The molecule has 0 saturated carbocycles. The van der Waals surface area contributed by atoms with E-state index in [0.717, 1.165) is 11.5 Å². The maximum Gasteiger partial charge on any atom is 0.259 e. The van der Waals surface area contributed by atoms with E-state index in [9.17, 15) is 9.59 Å². The summed E-state index contributed by atoms with van der Waals surface area (Å²) in [6.45, 7) is 6.09. The molecule has 0 atom stereocenters. The summed E-state index contributed by atoms with van der Waals surface area (Å²) in [5, 5.41) is 0. The van der Waals surface area contributed by atoms with Gasteiger partial charge in [-0.3, -0.25) is 14.6 Å². The molecule has 0 radical (unpaired) electrons. The van der Waals surface area contributed by atoms with E-state index in [0.29, 0.717) is 31.7 Å². The van der Waals surface area contributed by atoms with Crippen molar-refractivity contribution in [2.75, 3.05) is 31.1 Å². The number of anilines is 1. The minimum absolute atomic E-state index is 0.203. The molecule has 1 fully saturated rings. The van der Waals surface area contributed by atoms with Crippen LogP contribution in [0.25, 0.3) is 0 Å². The van der Waals surface area contributed by atoms with Crippen LogP contribution in [0.2, 0.25) is 0 Å². The fourth-order valence-corrected chi connectivity index (χ4v) is 2.75. The molecule has 1 N–H and O–H groups in total. The van der Waals surface area contributed by atoms with Crippen molar-refractivity contribution < 1.29 is 4.79 Å². The molecule has 0 aromatic carbocycles. The van der Waals surface area contributed by atoms with Gasteiger partial charge in [0.05, 0.1) is 5.69 Å². The first-order valence-electron chi connectivity index (χ1n) is 7.57. The zero-order valence-electron chi connectivity index (χ0n) is 13.2. The van der Waals surface area contributed by atoms with Crippen molar-refractivity contribution in [3.05, 3.63) is 51.8 Å². The van der Waals surface area contributed by atoms with E-state index in [4.69, 9.17) is 0 Å². The summed E-state index contributed by atoms with van der Waals surface area (Å²) >= 11 is 0. The average molecular weight is 313 g/mol. The molecule has 1 saturated heterocycles. The lowest BCUT2D eigenvalue weighted by Crippen LogP contribution is -2.50. The number of pyridine rings is 1. The third-order valence-corrected chi connectivity index (χ3v) is 4.08. The Labute approximate surface area is 134 Å². The first kappa shape index (κ1) is 15.2. The lowest BCUT2D eigenvalue weighted by atomic mass is 10.1. The van der Waals surface area contributed by atoms with Crippen LogP contribution >= 0.6 is 0 Å². The first-order chi connectivity index (χ1) is 11.1. The summed E-state index contributed by atoms with van der Waals surface area (Å²) in [7, 11) is 0. The van der Waals surface area contributed by atoms with Gasteiger partial charge in [0.1, 0.15) is 11.4 Å². The van der Waals surface area contributed by atoms with Gasteiger partial charge in [-0.2, -0.15) is 0 Å². The Balaban J connectivity index is 1.72. The molecule has 7 nitrogen and oxygen atoms in total. The fourth-order valence-electron chi connectivity index (χ4n) is 2.75. The van der Waals surface area contributed by atoms with Crippen molar-refractivity contribution in [3.63, 3.8) is 0 Å². The number of rotatable bonds is 2. The Hall–Kier alpha value is -2.70. The van der Waals surface area contributed by atoms with Crippen molar-refractivity contribution in [3.8, 4) is 0 Å². The number of hydrogen-bond donors (Lipinski definition) is 1. The highest BCUT2D eigenvalue weighted by atomic mass is 16.2. The van der Waals surface area contributed by atoms with Gasteiger partial charge in [0.25, 0.3) is 5.91 Å². The SMILES string of the molecule is Cc1nccnc1N1CCN(C(=O)c2c[nH]cc(C)c2=O)CC1. The molecule has 23 heavy (non-hydrogen) atoms. The van der Waals surface area contributed by atoms with Gasteiger partial charge in [0.15, 0.2) is 5.43 Å². The molecule has 0 bridgehead atoms. The van der Waals surface area contributed by atoms with E-state index >= 15 is 0 Å². The Morgan fingerprint density at radius 3 is 2.48 bits per heavy atom. The fraction of sp³-hybridized carbons (Fsp3) is 0.375. The van der Waals surface area contributed by atoms with E-state index in [1.165, 1.54) is 6.20 Å². The molecule has 2 aromatic heterocycles. The zero-order valence-corrected chi connectivity index (χ0v) is 13.2. The monoisotopic (exact) mass is 313 g/mol. The van der Waals surface area contributed by atoms with E-state index in [-0.39, 0.29) is 16.9 Å². The largest absolute Gasteiger partial charge is 0.366 e. The van der Waals surface area contributed by atoms with Gasteiger partial charge in [0, 0.05) is 56.5 Å². The van der Waals surface area contributed by atoms with Gasteiger partial charge in [-0.15, -0.1) is 0 Å². The van der Waals surface area contributed by atoms with Crippen LogP contribution < -0.4 is 10.3 Å². The number of amides is 1. The van der Waals surface area contributed by atoms with E-state index in [2.05, 4.69) is 19.9 Å². The molecule has 2 aromatic rings. The molecule has 7 heteroatoms. The molecule has 3 heterocycles. The number of hydrogen-bond acceptors (Lipinski definition) is 5. The van der Waals surface area contributed by atoms with Gasteiger partial charge in [-0.05, 0) is 13.8 Å². The first-order valence-corrected chi connectivity index (χ1v) is 7.57. The molecular formula is C16H19N5O2. The summed E-state index contributed by atoms with van der Waals surface area (Å²) in [5.41, 5.74) is 1.42. The predicted molar refractivity (Wildman–Crippen MR) is 86.7 cm³/mol. The van der Waals surface area contributed by atoms with E-state index in [1.807, 2.05) is 6.92 Å².